The van der Waals surface area contributed by atoms with E-state index in [-0.39, 0.29) is 24.0 Å². The molecule has 0 spiro atoms. The first-order valence-electron chi connectivity index (χ1n) is 10.3. The summed E-state index contributed by atoms with van der Waals surface area (Å²) in [4.78, 5) is 7.04. The van der Waals surface area contributed by atoms with Gasteiger partial charge in [0.15, 0.2) is 5.96 Å². The maximum Gasteiger partial charge on any atom is 0.188 e. The molecule has 3 N–H and O–H groups in total. The molecule has 0 aromatic heterocycles. The number of nitrogens with zero attached hydrogens (tertiary/aromatic N) is 2. The van der Waals surface area contributed by atoms with Crippen molar-refractivity contribution < 1.29 is 9.47 Å². The van der Waals surface area contributed by atoms with Gasteiger partial charge in [-0.2, -0.15) is 0 Å². The second-order valence-corrected chi connectivity index (χ2v) is 7.50. The molecule has 1 saturated heterocycles. The van der Waals surface area contributed by atoms with Gasteiger partial charge >= 0.3 is 0 Å². The van der Waals surface area contributed by atoms with Crippen molar-refractivity contribution in [1.29, 1.82) is 0 Å². The molecule has 28 heavy (non-hydrogen) atoms. The number of benzene rings is 1. The summed E-state index contributed by atoms with van der Waals surface area (Å²) in [5, 5.41) is 3.29. The zero-order valence-corrected chi connectivity index (χ0v) is 19.5. The second kappa shape index (κ2) is 11.7. The number of guanidine groups is 1. The van der Waals surface area contributed by atoms with Gasteiger partial charge in [-0.25, -0.2) is 4.99 Å². The number of likely N-dealkylation sites (N-methyl/N-ethyl adjacent to an activating group) is 1. The van der Waals surface area contributed by atoms with E-state index in [1.165, 1.54) is 32.2 Å². The summed E-state index contributed by atoms with van der Waals surface area (Å²) in [6.45, 7) is 5.86. The van der Waals surface area contributed by atoms with E-state index in [1.807, 2.05) is 18.2 Å². The number of hydrogen-bond acceptors (Lipinski definition) is 4. The summed E-state index contributed by atoms with van der Waals surface area (Å²) in [5.41, 5.74) is 7.16. The maximum atomic E-state index is 6.23. The predicted molar refractivity (Wildman–Crippen MR) is 125 cm³/mol. The van der Waals surface area contributed by atoms with Gasteiger partial charge in [0, 0.05) is 24.2 Å². The van der Waals surface area contributed by atoms with E-state index in [4.69, 9.17) is 15.2 Å². The van der Waals surface area contributed by atoms with Gasteiger partial charge in [-0.15, -0.1) is 24.0 Å². The summed E-state index contributed by atoms with van der Waals surface area (Å²) in [6, 6.07) is 6.50. The van der Waals surface area contributed by atoms with Crippen LogP contribution in [-0.2, 0) is 6.54 Å². The number of aliphatic imine (C=N–C) groups is 1. The molecule has 158 valence electrons. The summed E-state index contributed by atoms with van der Waals surface area (Å²) in [6.07, 6.45) is 7.54. The minimum Gasteiger partial charge on any atom is -0.497 e. The van der Waals surface area contributed by atoms with Crippen molar-refractivity contribution >= 4 is 29.9 Å². The van der Waals surface area contributed by atoms with E-state index < -0.39 is 0 Å². The van der Waals surface area contributed by atoms with Crippen molar-refractivity contribution in [2.24, 2.45) is 10.7 Å². The molecule has 1 atom stereocenters. The fraction of sp³-hybridized carbons (Fsp3) is 0.667. The van der Waals surface area contributed by atoms with Crippen LogP contribution in [0, 0.1) is 0 Å². The Labute approximate surface area is 186 Å². The number of hydrogen-bond donors (Lipinski definition) is 2. The maximum absolute atomic E-state index is 6.23. The van der Waals surface area contributed by atoms with Gasteiger partial charge < -0.3 is 20.5 Å². The van der Waals surface area contributed by atoms with E-state index >= 15 is 0 Å². The quantitative estimate of drug-likeness (QED) is 0.324. The van der Waals surface area contributed by atoms with Crippen LogP contribution in [0.3, 0.4) is 0 Å². The Balaban J connectivity index is 0.00000280. The Morgan fingerprint density at radius 2 is 2.04 bits per heavy atom. The highest BCUT2D eigenvalue weighted by atomic mass is 127. The molecule has 2 aliphatic rings. The second-order valence-electron chi connectivity index (χ2n) is 7.50. The van der Waals surface area contributed by atoms with E-state index in [0.717, 1.165) is 43.0 Å². The summed E-state index contributed by atoms with van der Waals surface area (Å²) in [5.74, 6) is 2.18. The van der Waals surface area contributed by atoms with Crippen LogP contribution in [-0.4, -0.2) is 49.7 Å². The molecule has 1 saturated carbocycles. The molecule has 7 heteroatoms. The highest BCUT2D eigenvalue weighted by Crippen LogP contribution is 2.30. The van der Waals surface area contributed by atoms with Crippen LogP contribution in [0.25, 0.3) is 0 Å². The van der Waals surface area contributed by atoms with Crippen molar-refractivity contribution in [2.45, 2.75) is 64.1 Å². The molecule has 0 amide bonds. The lowest BCUT2D eigenvalue weighted by Gasteiger charge is -2.23. The van der Waals surface area contributed by atoms with Crippen molar-refractivity contribution in [1.82, 2.24) is 10.2 Å². The van der Waals surface area contributed by atoms with Crippen molar-refractivity contribution in [3.05, 3.63) is 23.8 Å². The van der Waals surface area contributed by atoms with Gasteiger partial charge in [-0.1, -0.05) is 6.92 Å². The number of ether oxygens (including phenoxy) is 2. The molecule has 1 aromatic carbocycles. The molecule has 3 rings (SSSR count). The van der Waals surface area contributed by atoms with E-state index in [1.54, 1.807) is 7.11 Å². The minimum atomic E-state index is 0. The predicted octanol–water partition coefficient (Wildman–Crippen LogP) is 3.52. The van der Waals surface area contributed by atoms with Crippen LogP contribution in [0.15, 0.2) is 23.2 Å². The molecule has 1 aliphatic heterocycles. The number of halogens is 1. The number of methoxy groups -OCH3 is 1. The first-order chi connectivity index (χ1) is 13.2. The zero-order valence-electron chi connectivity index (χ0n) is 17.2. The monoisotopic (exact) mass is 502 g/mol. The van der Waals surface area contributed by atoms with Gasteiger partial charge in [0.05, 0.1) is 19.8 Å². The number of rotatable bonds is 8. The van der Waals surface area contributed by atoms with Gasteiger partial charge in [-0.05, 0) is 63.7 Å². The first-order valence-corrected chi connectivity index (χ1v) is 10.3. The molecule has 0 radical (unpaired) electrons. The average molecular weight is 502 g/mol. The molecule has 6 nitrogen and oxygen atoms in total. The Morgan fingerprint density at radius 1 is 1.25 bits per heavy atom. The average Bonchev–Trinajstić information content (AvgIpc) is 3.36. The van der Waals surface area contributed by atoms with Crippen LogP contribution in [0.2, 0.25) is 0 Å². The van der Waals surface area contributed by atoms with E-state index in [9.17, 15) is 0 Å². The normalized spacial score (nSPS) is 20.8. The van der Waals surface area contributed by atoms with Crippen LogP contribution in [0.5, 0.6) is 11.5 Å². The minimum absolute atomic E-state index is 0. The third-order valence-electron chi connectivity index (χ3n) is 5.71. The highest BCUT2D eigenvalue weighted by molar-refractivity contribution is 14.0. The molecular weight excluding hydrogens is 467 g/mol. The lowest BCUT2D eigenvalue weighted by Crippen LogP contribution is -2.42. The lowest BCUT2D eigenvalue weighted by molar-refractivity contribution is 0.207. The number of likely N-dealkylation sites (tertiary alicyclic amines) is 1. The van der Waals surface area contributed by atoms with Crippen LogP contribution in [0.4, 0.5) is 0 Å². The molecule has 1 aromatic rings. The molecule has 1 aliphatic carbocycles. The van der Waals surface area contributed by atoms with Crippen LogP contribution >= 0.6 is 24.0 Å². The highest BCUT2D eigenvalue weighted by Gasteiger charge is 2.22. The van der Waals surface area contributed by atoms with Crippen molar-refractivity contribution in [2.75, 3.05) is 26.7 Å². The summed E-state index contributed by atoms with van der Waals surface area (Å²) < 4.78 is 11.6. The molecular formula is C21H35IN4O2. The third-order valence-corrected chi connectivity index (χ3v) is 5.71. The standard InChI is InChI=1S/C21H34N4O2.HI/c1-3-25-12-6-7-17(25)15-24-21(22)23-14-16-10-11-19(26-2)13-20(16)27-18-8-4-5-9-18;/h10-11,13,17-18H,3-9,12,14-15H2,1-2H3,(H3,22,23,24);1H. The molecule has 0 bridgehead atoms. The third kappa shape index (κ3) is 6.40. The Bertz CT molecular complexity index is 635. The van der Waals surface area contributed by atoms with Gasteiger partial charge in [-0.3, -0.25) is 4.90 Å². The molecule has 1 unspecified atom stereocenters. The first kappa shape index (κ1) is 23.1. The summed E-state index contributed by atoms with van der Waals surface area (Å²) in [7, 11) is 1.68. The van der Waals surface area contributed by atoms with E-state index in [0.29, 0.717) is 24.7 Å². The summed E-state index contributed by atoms with van der Waals surface area (Å²) >= 11 is 0. The molecule has 1 heterocycles. The smallest absolute Gasteiger partial charge is 0.188 e. The Hall–Kier alpha value is -1.22. The fourth-order valence-electron chi connectivity index (χ4n) is 4.08. The van der Waals surface area contributed by atoms with Crippen molar-refractivity contribution in [3.63, 3.8) is 0 Å². The van der Waals surface area contributed by atoms with Gasteiger partial charge in [0.25, 0.3) is 0 Å². The lowest BCUT2D eigenvalue weighted by atomic mass is 10.2. The number of nitrogens with two attached hydrogens (primary N) is 1. The Kier molecular flexibility index (Phi) is 9.64. The van der Waals surface area contributed by atoms with Gasteiger partial charge in [0.1, 0.15) is 11.5 Å². The van der Waals surface area contributed by atoms with E-state index in [2.05, 4.69) is 22.1 Å². The van der Waals surface area contributed by atoms with Crippen LogP contribution in [0.1, 0.15) is 51.0 Å². The Morgan fingerprint density at radius 3 is 2.75 bits per heavy atom. The fourth-order valence-corrected chi connectivity index (χ4v) is 4.08. The topological polar surface area (TPSA) is 72.1 Å². The van der Waals surface area contributed by atoms with Crippen molar-refractivity contribution in [3.8, 4) is 11.5 Å². The SMILES string of the molecule is CCN1CCCC1CNC(N)=NCc1ccc(OC)cc1OC1CCCC1.I. The number of nitrogens with one attached hydrogen (secondary N) is 1. The largest absolute Gasteiger partial charge is 0.497 e. The van der Waals surface area contributed by atoms with Gasteiger partial charge in [0.2, 0.25) is 0 Å². The molecule has 2 fully saturated rings. The zero-order chi connectivity index (χ0) is 19.1. The van der Waals surface area contributed by atoms with Crippen LogP contribution < -0.4 is 20.5 Å².